The molecule has 0 unspecified atom stereocenters. The number of aryl methyl sites for hydroxylation is 1. The first-order chi connectivity index (χ1) is 22.6. The minimum atomic E-state index is -0.312. The van der Waals surface area contributed by atoms with E-state index in [2.05, 4.69) is 147 Å². The first-order valence-corrected chi connectivity index (χ1v) is 17.1. The van der Waals surface area contributed by atoms with Crippen LogP contribution in [0.4, 0.5) is 0 Å². The van der Waals surface area contributed by atoms with Crippen LogP contribution < -0.4 is 0 Å². The molecular formula is C44H46N3OPt-. The van der Waals surface area contributed by atoms with E-state index in [0.29, 0.717) is 5.92 Å². The van der Waals surface area contributed by atoms with Crippen LogP contribution in [-0.2, 0) is 37.4 Å². The Morgan fingerprint density at radius 2 is 1.53 bits per heavy atom. The molecule has 2 aromatic heterocycles. The molecule has 5 heteroatoms. The maximum absolute atomic E-state index is 11.2. The van der Waals surface area contributed by atoms with Gasteiger partial charge in [-0.2, -0.15) is 0 Å². The second-order valence-corrected chi connectivity index (χ2v) is 15.9. The molecule has 0 saturated heterocycles. The van der Waals surface area contributed by atoms with Crippen molar-refractivity contribution in [1.29, 1.82) is 0 Å². The van der Waals surface area contributed by atoms with Crippen molar-refractivity contribution < 1.29 is 26.2 Å². The zero-order chi connectivity index (χ0) is 34.3. The summed E-state index contributed by atoms with van der Waals surface area (Å²) in [7, 11) is 0. The van der Waals surface area contributed by atoms with Crippen molar-refractivity contribution in [3.8, 4) is 50.6 Å². The van der Waals surface area contributed by atoms with Crippen LogP contribution in [0.15, 0.2) is 85.1 Å². The van der Waals surface area contributed by atoms with Crippen molar-refractivity contribution in [3.63, 3.8) is 0 Å². The summed E-state index contributed by atoms with van der Waals surface area (Å²) in [4.78, 5) is 10.2. The Kier molecular flexibility index (Phi) is 8.60. The molecule has 4 aromatic carbocycles. The second kappa shape index (κ2) is 12.1. The molecule has 254 valence electrons. The number of hydrogen-bond donors (Lipinski definition) is 1. The number of nitrogens with zero attached hydrogens (tertiary/aromatic N) is 3. The molecule has 0 fully saturated rings. The average molecular weight is 828 g/mol. The van der Waals surface area contributed by atoms with Crippen molar-refractivity contribution in [3.05, 3.63) is 113 Å². The molecule has 0 saturated carbocycles. The molecule has 0 spiro atoms. The number of pyridine rings is 1. The van der Waals surface area contributed by atoms with Crippen LogP contribution >= 0.6 is 0 Å². The number of aromatic nitrogens is 3. The van der Waals surface area contributed by atoms with Crippen LogP contribution in [0.25, 0.3) is 55.9 Å². The Hall–Kier alpha value is -4.01. The Morgan fingerprint density at radius 1 is 0.837 bits per heavy atom. The van der Waals surface area contributed by atoms with Crippen LogP contribution in [-0.4, -0.2) is 19.6 Å². The minimum Gasteiger partial charge on any atom is -0.507 e. The molecule has 0 aliphatic carbocycles. The van der Waals surface area contributed by atoms with Gasteiger partial charge in [0, 0.05) is 38.4 Å². The van der Waals surface area contributed by atoms with Crippen molar-refractivity contribution >= 4 is 11.0 Å². The van der Waals surface area contributed by atoms with Gasteiger partial charge in [-0.3, -0.25) is 4.98 Å². The van der Waals surface area contributed by atoms with E-state index in [4.69, 9.17) is 9.97 Å². The largest absolute Gasteiger partial charge is 0.507 e. The van der Waals surface area contributed by atoms with Gasteiger partial charge in [0.1, 0.15) is 11.6 Å². The molecule has 6 aromatic rings. The second-order valence-electron chi connectivity index (χ2n) is 15.9. The van der Waals surface area contributed by atoms with Crippen molar-refractivity contribution in [2.45, 2.75) is 91.5 Å². The van der Waals surface area contributed by atoms with Gasteiger partial charge in [-0.05, 0) is 78.1 Å². The van der Waals surface area contributed by atoms with Crippen LogP contribution in [0.2, 0.25) is 0 Å². The van der Waals surface area contributed by atoms with Gasteiger partial charge >= 0.3 is 0 Å². The summed E-state index contributed by atoms with van der Waals surface area (Å²) >= 11 is 0. The van der Waals surface area contributed by atoms with Crippen LogP contribution in [0.5, 0.6) is 5.75 Å². The smallest absolute Gasteiger partial charge is 0.144 e. The topological polar surface area (TPSA) is 50.9 Å². The Labute approximate surface area is 305 Å². The first kappa shape index (κ1) is 34.8. The maximum Gasteiger partial charge on any atom is 0.144 e. The molecule has 0 radical (unpaired) electrons. The molecule has 0 amide bonds. The summed E-state index contributed by atoms with van der Waals surface area (Å²) < 4.78 is 2.34. The molecule has 49 heavy (non-hydrogen) atoms. The van der Waals surface area contributed by atoms with Crippen LogP contribution in [0, 0.1) is 13.0 Å². The summed E-state index contributed by atoms with van der Waals surface area (Å²) in [6.07, 6.45) is 1.93. The van der Waals surface area contributed by atoms with Gasteiger partial charge in [-0.15, -0.1) is 29.3 Å². The Morgan fingerprint density at radius 3 is 2.24 bits per heavy atom. The van der Waals surface area contributed by atoms with E-state index >= 15 is 0 Å². The van der Waals surface area contributed by atoms with E-state index in [1.54, 1.807) is 6.07 Å². The van der Waals surface area contributed by atoms with Crippen molar-refractivity contribution in [1.82, 2.24) is 14.5 Å². The SMILES string of the molecule is Cc1cccc(C(C)C)c1-c1ccnc(-c2[c-]c(-c3cccc4c3nc3n4C(C)(C)C(C)(C)c4cccc(O)c4-3)cc(C(C)(C)C)c2)c1.[Pt]. The Balaban J connectivity index is 0.00000417. The number of hydrogen-bond acceptors (Lipinski definition) is 3. The van der Waals surface area contributed by atoms with Gasteiger partial charge < -0.3 is 9.67 Å². The molecule has 1 aliphatic heterocycles. The maximum atomic E-state index is 11.2. The molecule has 3 heterocycles. The van der Waals surface area contributed by atoms with E-state index in [9.17, 15) is 5.11 Å². The number of para-hydroxylation sites is 1. The standard InChI is InChI=1S/C44H46N3O.Pt/c1-26(2)32-15-11-14-27(3)38(32)28-20-21-45-35(25-28)30-22-29(23-31(24-30)42(4,5)6)33-16-12-18-36-40(33)46-41-39-34(17-13-19-37(39)48)43(7,8)44(9,10)47(36)41;/h11-21,23-26,48H,1-10H3;/q-1;. The van der Waals surface area contributed by atoms with Crippen molar-refractivity contribution in [2.75, 3.05) is 0 Å². The zero-order valence-electron chi connectivity index (χ0n) is 30.3. The Bertz CT molecular complexity index is 2230. The molecule has 0 atom stereocenters. The van der Waals surface area contributed by atoms with Gasteiger partial charge in [0.15, 0.2) is 0 Å². The average Bonchev–Trinajstić information content (AvgIpc) is 3.44. The number of phenolic OH excluding ortho intramolecular Hbond substituents is 1. The molecule has 4 nitrogen and oxygen atoms in total. The number of imidazole rings is 1. The van der Waals surface area contributed by atoms with Gasteiger partial charge in [-0.25, -0.2) is 4.98 Å². The van der Waals surface area contributed by atoms with Gasteiger partial charge in [0.05, 0.1) is 22.1 Å². The fourth-order valence-electron chi connectivity index (χ4n) is 7.54. The molecule has 1 aliphatic rings. The van der Waals surface area contributed by atoms with Crippen LogP contribution in [0.1, 0.15) is 90.5 Å². The summed E-state index contributed by atoms with van der Waals surface area (Å²) in [5.41, 5.74) is 13.3. The third-order valence-corrected chi connectivity index (χ3v) is 11.0. The summed E-state index contributed by atoms with van der Waals surface area (Å²) in [5.74, 6) is 1.47. The summed E-state index contributed by atoms with van der Waals surface area (Å²) in [6, 6.07) is 31.5. The monoisotopic (exact) mass is 827 g/mol. The first-order valence-electron chi connectivity index (χ1n) is 17.1. The number of fused-ring (bicyclic) bond motifs is 5. The van der Waals surface area contributed by atoms with Crippen molar-refractivity contribution in [2.24, 2.45) is 0 Å². The van der Waals surface area contributed by atoms with E-state index in [0.717, 1.165) is 50.4 Å². The van der Waals surface area contributed by atoms with Gasteiger partial charge in [0.2, 0.25) is 0 Å². The molecule has 1 N–H and O–H groups in total. The summed E-state index contributed by atoms with van der Waals surface area (Å²) in [5, 5.41) is 11.2. The van der Waals surface area contributed by atoms with Gasteiger partial charge in [-0.1, -0.05) is 108 Å². The van der Waals surface area contributed by atoms with Crippen LogP contribution in [0.3, 0.4) is 0 Å². The predicted octanol–water partition coefficient (Wildman–Crippen LogP) is 11.4. The van der Waals surface area contributed by atoms with E-state index < -0.39 is 0 Å². The van der Waals surface area contributed by atoms with E-state index in [-0.39, 0.29) is 43.2 Å². The normalized spacial score (nSPS) is 14.8. The third kappa shape index (κ3) is 5.48. The number of phenols is 1. The van der Waals surface area contributed by atoms with E-state index in [1.807, 2.05) is 12.3 Å². The van der Waals surface area contributed by atoms with Gasteiger partial charge in [0.25, 0.3) is 0 Å². The molecule has 0 bridgehead atoms. The molecule has 7 rings (SSSR count). The number of aromatic hydroxyl groups is 1. The third-order valence-electron chi connectivity index (χ3n) is 11.0. The fraction of sp³-hybridized carbons (Fsp3) is 0.318. The fourth-order valence-corrected chi connectivity index (χ4v) is 7.54. The zero-order valence-corrected chi connectivity index (χ0v) is 32.5. The minimum absolute atomic E-state index is 0. The molecular weight excluding hydrogens is 782 g/mol. The number of rotatable bonds is 4. The quantitative estimate of drug-likeness (QED) is 0.180. The number of benzene rings is 4. The summed E-state index contributed by atoms with van der Waals surface area (Å²) in [6.45, 7) is 22.5. The predicted molar refractivity (Wildman–Crippen MR) is 200 cm³/mol. The van der Waals surface area contributed by atoms with E-state index in [1.165, 1.54) is 27.8 Å².